The molecule has 80 valence electrons. The van der Waals surface area contributed by atoms with Gasteiger partial charge in [0.1, 0.15) is 11.9 Å². The summed E-state index contributed by atoms with van der Waals surface area (Å²) in [5, 5.41) is 0. The summed E-state index contributed by atoms with van der Waals surface area (Å²) in [5.41, 5.74) is 1.03. The van der Waals surface area contributed by atoms with E-state index < -0.39 is 0 Å². The van der Waals surface area contributed by atoms with Crippen molar-refractivity contribution in [3.63, 3.8) is 0 Å². The summed E-state index contributed by atoms with van der Waals surface area (Å²) in [6.45, 7) is 2.02. The van der Waals surface area contributed by atoms with Crippen molar-refractivity contribution in [3.05, 3.63) is 17.6 Å². The number of hydrogen-bond donors (Lipinski definition) is 0. The monoisotopic (exact) mass is 204 g/mol. The highest BCUT2D eigenvalue weighted by Gasteiger charge is 2.28. The maximum absolute atomic E-state index is 5.80. The molecule has 1 aromatic heterocycles. The number of ether oxygens (including phenoxy) is 1. The first kappa shape index (κ1) is 9.13. The van der Waals surface area contributed by atoms with Crippen LogP contribution in [0.1, 0.15) is 49.5 Å². The van der Waals surface area contributed by atoms with Crippen molar-refractivity contribution >= 4 is 0 Å². The molecule has 0 unspecified atom stereocenters. The van der Waals surface area contributed by atoms with Gasteiger partial charge in [-0.2, -0.15) is 4.98 Å². The molecular formula is C12H16N2O. The summed E-state index contributed by atoms with van der Waals surface area (Å²) in [7, 11) is 0. The molecule has 3 heteroatoms. The number of nitrogens with zero attached hydrogens (tertiary/aromatic N) is 2. The Labute approximate surface area is 89.9 Å². The number of aryl methyl sites for hydroxylation is 1. The lowest BCUT2D eigenvalue weighted by molar-refractivity contribution is 0.114. The molecule has 0 spiro atoms. The zero-order valence-corrected chi connectivity index (χ0v) is 9.07. The Bertz CT molecular complexity index is 370. The van der Waals surface area contributed by atoms with Gasteiger partial charge in [0.25, 0.3) is 0 Å². The zero-order chi connectivity index (χ0) is 10.3. The third kappa shape index (κ3) is 1.96. The van der Waals surface area contributed by atoms with E-state index in [1.807, 2.05) is 13.0 Å². The van der Waals surface area contributed by atoms with Crippen molar-refractivity contribution in [1.82, 2.24) is 9.97 Å². The predicted molar refractivity (Wildman–Crippen MR) is 57.0 cm³/mol. The van der Waals surface area contributed by atoms with Gasteiger partial charge < -0.3 is 4.74 Å². The lowest BCUT2D eigenvalue weighted by Crippen LogP contribution is -2.25. The number of rotatable bonds is 3. The average Bonchev–Trinajstić information content (AvgIpc) is 2.93. The van der Waals surface area contributed by atoms with Gasteiger partial charge in [0, 0.05) is 17.7 Å². The second-order valence-corrected chi connectivity index (χ2v) is 4.65. The van der Waals surface area contributed by atoms with E-state index in [-0.39, 0.29) is 0 Å². The van der Waals surface area contributed by atoms with Crippen LogP contribution in [0.15, 0.2) is 6.07 Å². The maximum atomic E-state index is 5.80. The van der Waals surface area contributed by atoms with Gasteiger partial charge in [-0.1, -0.05) is 0 Å². The van der Waals surface area contributed by atoms with Crippen LogP contribution in [-0.4, -0.2) is 16.1 Å². The molecule has 0 amide bonds. The van der Waals surface area contributed by atoms with Crippen LogP contribution >= 0.6 is 0 Å². The molecule has 0 bridgehead atoms. The molecule has 0 aromatic carbocycles. The Morgan fingerprint density at radius 3 is 2.60 bits per heavy atom. The van der Waals surface area contributed by atoms with E-state index in [0.29, 0.717) is 12.0 Å². The van der Waals surface area contributed by atoms with Gasteiger partial charge in [0.2, 0.25) is 5.88 Å². The summed E-state index contributed by atoms with van der Waals surface area (Å²) in [6, 6.07) is 1.95. The molecule has 2 fully saturated rings. The minimum absolute atomic E-state index is 0.409. The highest BCUT2D eigenvalue weighted by molar-refractivity contribution is 5.19. The zero-order valence-electron chi connectivity index (χ0n) is 9.07. The molecule has 2 saturated carbocycles. The van der Waals surface area contributed by atoms with Gasteiger partial charge >= 0.3 is 0 Å². The van der Waals surface area contributed by atoms with Gasteiger partial charge in [-0.3, -0.25) is 0 Å². The van der Waals surface area contributed by atoms with Gasteiger partial charge in [-0.25, -0.2) is 4.98 Å². The largest absolute Gasteiger partial charge is 0.474 e. The minimum atomic E-state index is 0.409. The van der Waals surface area contributed by atoms with Crippen molar-refractivity contribution in [2.75, 3.05) is 0 Å². The van der Waals surface area contributed by atoms with E-state index in [0.717, 1.165) is 17.4 Å². The topological polar surface area (TPSA) is 35.0 Å². The van der Waals surface area contributed by atoms with Gasteiger partial charge in [-0.05, 0) is 39.0 Å². The first-order chi connectivity index (χ1) is 7.31. The standard InChI is InChI=1S/C12H16N2O/c1-8-7-11(15-10-3-2-4-10)14-12(13-8)9-5-6-9/h7,9-10H,2-6H2,1H3. The van der Waals surface area contributed by atoms with Crippen molar-refractivity contribution in [3.8, 4) is 5.88 Å². The Kier molecular flexibility index (Phi) is 2.11. The van der Waals surface area contributed by atoms with E-state index in [4.69, 9.17) is 4.74 Å². The second kappa shape index (κ2) is 3.47. The van der Waals surface area contributed by atoms with Crippen LogP contribution in [0.3, 0.4) is 0 Å². The summed E-state index contributed by atoms with van der Waals surface area (Å²) < 4.78 is 5.80. The molecule has 1 heterocycles. The van der Waals surface area contributed by atoms with E-state index in [1.165, 1.54) is 32.1 Å². The number of aromatic nitrogens is 2. The Hall–Kier alpha value is -1.12. The smallest absolute Gasteiger partial charge is 0.217 e. The van der Waals surface area contributed by atoms with Gasteiger partial charge in [-0.15, -0.1) is 0 Å². The number of hydrogen-bond acceptors (Lipinski definition) is 3. The van der Waals surface area contributed by atoms with Crippen LogP contribution in [0.4, 0.5) is 0 Å². The van der Waals surface area contributed by atoms with Crippen molar-refractivity contribution in [1.29, 1.82) is 0 Å². The molecule has 0 aliphatic heterocycles. The molecule has 2 aliphatic rings. The van der Waals surface area contributed by atoms with E-state index >= 15 is 0 Å². The Morgan fingerprint density at radius 1 is 1.20 bits per heavy atom. The maximum Gasteiger partial charge on any atom is 0.217 e. The molecular weight excluding hydrogens is 188 g/mol. The Balaban J connectivity index is 1.79. The SMILES string of the molecule is Cc1cc(OC2CCC2)nc(C2CC2)n1. The molecule has 3 rings (SSSR count). The fraction of sp³-hybridized carbons (Fsp3) is 0.667. The predicted octanol–water partition coefficient (Wildman–Crippen LogP) is 2.59. The fourth-order valence-electron chi connectivity index (χ4n) is 1.81. The molecule has 1 aromatic rings. The molecule has 15 heavy (non-hydrogen) atoms. The van der Waals surface area contributed by atoms with Crippen LogP contribution < -0.4 is 4.74 Å². The van der Waals surface area contributed by atoms with Crippen molar-refractivity contribution < 1.29 is 4.74 Å². The molecule has 3 nitrogen and oxygen atoms in total. The summed E-state index contributed by atoms with van der Waals surface area (Å²) in [6.07, 6.45) is 6.55. The summed E-state index contributed by atoms with van der Waals surface area (Å²) in [5.74, 6) is 2.38. The van der Waals surface area contributed by atoms with E-state index in [9.17, 15) is 0 Å². The van der Waals surface area contributed by atoms with Crippen LogP contribution in [0.5, 0.6) is 5.88 Å². The quantitative estimate of drug-likeness (QED) is 0.759. The van der Waals surface area contributed by atoms with E-state index in [1.54, 1.807) is 0 Å². The van der Waals surface area contributed by atoms with E-state index in [2.05, 4.69) is 9.97 Å². The van der Waals surface area contributed by atoms with Crippen LogP contribution in [-0.2, 0) is 0 Å². The lowest BCUT2D eigenvalue weighted by atomic mass is 9.96. The first-order valence-corrected chi connectivity index (χ1v) is 5.83. The van der Waals surface area contributed by atoms with Crippen LogP contribution in [0.2, 0.25) is 0 Å². The van der Waals surface area contributed by atoms with Crippen LogP contribution in [0, 0.1) is 6.92 Å². The normalized spacial score (nSPS) is 21.1. The fourth-order valence-corrected chi connectivity index (χ4v) is 1.81. The molecule has 2 aliphatic carbocycles. The third-order valence-corrected chi connectivity index (χ3v) is 3.13. The van der Waals surface area contributed by atoms with Crippen molar-refractivity contribution in [2.24, 2.45) is 0 Å². The minimum Gasteiger partial charge on any atom is -0.474 e. The van der Waals surface area contributed by atoms with Gasteiger partial charge in [0.15, 0.2) is 0 Å². The second-order valence-electron chi connectivity index (χ2n) is 4.65. The highest BCUT2D eigenvalue weighted by atomic mass is 16.5. The van der Waals surface area contributed by atoms with Gasteiger partial charge in [0.05, 0.1) is 0 Å². The van der Waals surface area contributed by atoms with Crippen molar-refractivity contribution in [2.45, 2.75) is 51.0 Å². The molecule has 0 radical (unpaired) electrons. The average molecular weight is 204 g/mol. The highest BCUT2D eigenvalue weighted by Crippen LogP contribution is 2.38. The summed E-state index contributed by atoms with van der Waals surface area (Å²) >= 11 is 0. The van der Waals surface area contributed by atoms with Crippen LogP contribution in [0.25, 0.3) is 0 Å². The first-order valence-electron chi connectivity index (χ1n) is 5.83. The summed E-state index contributed by atoms with van der Waals surface area (Å²) in [4.78, 5) is 8.94. The molecule has 0 N–H and O–H groups in total. The molecule has 0 atom stereocenters. The third-order valence-electron chi connectivity index (χ3n) is 3.13. The lowest BCUT2D eigenvalue weighted by Gasteiger charge is -2.25. The molecule has 0 saturated heterocycles. The Morgan fingerprint density at radius 2 is 2.00 bits per heavy atom.